The van der Waals surface area contributed by atoms with Crippen LogP contribution in [-0.4, -0.2) is 37.2 Å². The van der Waals surface area contributed by atoms with Crippen molar-refractivity contribution in [2.24, 2.45) is 11.8 Å². The van der Waals surface area contributed by atoms with Gasteiger partial charge in [0.15, 0.2) is 6.10 Å². The molecule has 0 aliphatic carbocycles. The van der Waals surface area contributed by atoms with E-state index in [1.165, 1.54) is 212 Å². The average Bonchev–Trinajstić information content (AvgIpc) is 3.28. The first kappa shape index (κ1) is 62.4. The molecule has 0 aliphatic heterocycles. The molecule has 0 aromatic heterocycles. The fourth-order valence-corrected chi connectivity index (χ4v) is 8.84. The van der Waals surface area contributed by atoms with Crippen molar-refractivity contribution in [3.05, 3.63) is 0 Å². The van der Waals surface area contributed by atoms with Crippen LogP contribution in [0.25, 0.3) is 0 Å². The van der Waals surface area contributed by atoms with Crippen LogP contribution >= 0.6 is 0 Å². The lowest BCUT2D eigenvalue weighted by atomic mass is 9.99. The minimum absolute atomic E-state index is 0.0627. The number of hydrogen-bond acceptors (Lipinski definition) is 6. The predicted molar refractivity (Wildman–Crippen MR) is 275 cm³/mol. The van der Waals surface area contributed by atoms with Crippen molar-refractivity contribution in [3.8, 4) is 0 Å². The number of esters is 3. The van der Waals surface area contributed by atoms with Crippen molar-refractivity contribution in [1.82, 2.24) is 0 Å². The van der Waals surface area contributed by atoms with Gasteiger partial charge in [0.1, 0.15) is 13.2 Å². The Balaban J connectivity index is 4.30. The van der Waals surface area contributed by atoms with Crippen molar-refractivity contribution in [2.75, 3.05) is 13.2 Å². The van der Waals surface area contributed by atoms with E-state index >= 15 is 0 Å². The van der Waals surface area contributed by atoms with Crippen LogP contribution in [0.3, 0.4) is 0 Å². The minimum Gasteiger partial charge on any atom is -0.462 e. The first-order valence-electron chi connectivity index (χ1n) is 28.8. The van der Waals surface area contributed by atoms with Crippen LogP contribution in [0.4, 0.5) is 0 Å². The summed E-state index contributed by atoms with van der Waals surface area (Å²) < 4.78 is 16.9. The fraction of sp³-hybridized carbons (Fsp3) is 0.948. The van der Waals surface area contributed by atoms with Gasteiger partial charge in [-0.1, -0.05) is 285 Å². The normalized spacial score (nSPS) is 12.5. The Kier molecular flexibility index (Phi) is 49.6. The molecule has 0 aliphatic rings. The maximum absolute atomic E-state index is 12.9. The van der Waals surface area contributed by atoms with Crippen LogP contribution in [-0.2, 0) is 28.6 Å². The Bertz CT molecular complexity index is 980. The standard InChI is InChI=1S/C58H112O6/c1-6-8-9-10-11-12-13-14-19-22-28-33-38-43-48-56(59)62-51-55(52-63-57(60)49-44-39-34-29-25-24-27-32-37-42-47-54(5)7-2)64-58(61)50-45-40-35-30-23-20-17-15-16-18-21-26-31-36-41-46-53(3)4/h53-55H,6-52H2,1-5H3/t54?,55-/m0/s1. The molecule has 0 rings (SSSR count). The van der Waals surface area contributed by atoms with E-state index in [4.69, 9.17) is 14.2 Å². The Hall–Kier alpha value is -1.59. The smallest absolute Gasteiger partial charge is 0.306 e. The SMILES string of the molecule is CCCCCCCCCCCCCCCCC(=O)OC[C@@H](COC(=O)CCCCCCCCCCCCC(C)CC)OC(=O)CCCCCCCCCCCCCCCCCC(C)C. The van der Waals surface area contributed by atoms with Crippen LogP contribution in [0.1, 0.15) is 324 Å². The number of carbonyl (C=O) groups is 3. The topological polar surface area (TPSA) is 78.9 Å². The third-order valence-electron chi connectivity index (χ3n) is 13.6. The van der Waals surface area contributed by atoms with Crippen LogP contribution < -0.4 is 0 Å². The molecule has 0 fully saturated rings. The van der Waals surface area contributed by atoms with Crippen LogP contribution in [0.15, 0.2) is 0 Å². The highest BCUT2D eigenvalue weighted by atomic mass is 16.6. The summed E-state index contributed by atoms with van der Waals surface area (Å²) in [7, 11) is 0. The Labute approximate surface area is 399 Å². The molecule has 6 nitrogen and oxygen atoms in total. The molecule has 0 bridgehead atoms. The van der Waals surface area contributed by atoms with Gasteiger partial charge in [0.05, 0.1) is 0 Å². The number of hydrogen-bond donors (Lipinski definition) is 0. The summed E-state index contributed by atoms with van der Waals surface area (Å²) in [6.45, 7) is 11.4. The van der Waals surface area contributed by atoms with Crippen molar-refractivity contribution in [3.63, 3.8) is 0 Å². The maximum Gasteiger partial charge on any atom is 0.306 e. The van der Waals surface area contributed by atoms with Gasteiger partial charge in [-0.3, -0.25) is 14.4 Å². The molecule has 0 heterocycles. The van der Waals surface area contributed by atoms with E-state index in [0.717, 1.165) is 69.6 Å². The number of unbranched alkanes of at least 4 members (excludes halogenated alkanes) is 36. The lowest BCUT2D eigenvalue weighted by Crippen LogP contribution is -2.30. The molecule has 2 atom stereocenters. The highest BCUT2D eigenvalue weighted by Gasteiger charge is 2.19. The Morgan fingerprint density at radius 3 is 0.891 bits per heavy atom. The Morgan fingerprint density at radius 2 is 0.594 bits per heavy atom. The van der Waals surface area contributed by atoms with E-state index in [1.54, 1.807) is 0 Å². The van der Waals surface area contributed by atoms with Gasteiger partial charge in [-0.25, -0.2) is 0 Å². The number of ether oxygens (including phenoxy) is 3. The van der Waals surface area contributed by atoms with E-state index in [1.807, 2.05) is 0 Å². The second-order valence-corrected chi connectivity index (χ2v) is 20.6. The molecule has 1 unspecified atom stereocenters. The molecule has 380 valence electrons. The molecule has 0 aromatic rings. The maximum atomic E-state index is 12.9. The van der Waals surface area contributed by atoms with Crippen LogP contribution in [0, 0.1) is 11.8 Å². The Morgan fingerprint density at radius 1 is 0.328 bits per heavy atom. The molecule has 0 aromatic carbocycles. The highest BCUT2D eigenvalue weighted by Crippen LogP contribution is 2.18. The van der Waals surface area contributed by atoms with Gasteiger partial charge >= 0.3 is 17.9 Å². The first-order valence-corrected chi connectivity index (χ1v) is 28.8. The van der Waals surface area contributed by atoms with E-state index in [-0.39, 0.29) is 31.1 Å². The average molecular weight is 906 g/mol. The third kappa shape index (κ3) is 49.8. The summed E-state index contributed by atoms with van der Waals surface area (Å²) in [5, 5.41) is 0. The van der Waals surface area contributed by atoms with Gasteiger partial charge in [-0.15, -0.1) is 0 Å². The van der Waals surface area contributed by atoms with Gasteiger partial charge in [-0.05, 0) is 31.1 Å². The first-order chi connectivity index (χ1) is 31.3. The monoisotopic (exact) mass is 905 g/mol. The largest absolute Gasteiger partial charge is 0.462 e. The quantitative estimate of drug-likeness (QED) is 0.0344. The molecule has 0 saturated carbocycles. The molecule has 6 heteroatoms. The van der Waals surface area contributed by atoms with E-state index < -0.39 is 6.10 Å². The molecule has 0 saturated heterocycles. The van der Waals surface area contributed by atoms with Crippen LogP contribution in [0.2, 0.25) is 0 Å². The van der Waals surface area contributed by atoms with Gasteiger partial charge in [0.25, 0.3) is 0 Å². The molecule has 0 N–H and O–H groups in total. The number of rotatable bonds is 52. The van der Waals surface area contributed by atoms with Crippen molar-refractivity contribution in [1.29, 1.82) is 0 Å². The zero-order valence-corrected chi connectivity index (χ0v) is 43.9. The van der Waals surface area contributed by atoms with E-state index in [9.17, 15) is 14.4 Å². The summed E-state index contributed by atoms with van der Waals surface area (Å²) in [4.78, 5) is 38.1. The summed E-state index contributed by atoms with van der Waals surface area (Å²) in [6.07, 6.45) is 53.7. The summed E-state index contributed by atoms with van der Waals surface area (Å²) in [6, 6.07) is 0. The summed E-state index contributed by atoms with van der Waals surface area (Å²) in [5.41, 5.74) is 0. The van der Waals surface area contributed by atoms with E-state index in [0.29, 0.717) is 19.3 Å². The fourth-order valence-electron chi connectivity index (χ4n) is 8.84. The number of carbonyl (C=O) groups excluding carboxylic acids is 3. The summed E-state index contributed by atoms with van der Waals surface area (Å²) in [5.74, 6) is 0.878. The zero-order valence-electron chi connectivity index (χ0n) is 43.9. The minimum atomic E-state index is -0.762. The van der Waals surface area contributed by atoms with Crippen molar-refractivity contribution < 1.29 is 28.6 Å². The highest BCUT2D eigenvalue weighted by molar-refractivity contribution is 5.71. The zero-order chi connectivity index (χ0) is 46.8. The van der Waals surface area contributed by atoms with Gasteiger partial charge < -0.3 is 14.2 Å². The van der Waals surface area contributed by atoms with Crippen LogP contribution in [0.5, 0.6) is 0 Å². The second-order valence-electron chi connectivity index (χ2n) is 20.6. The lowest BCUT2D eigenvalue weighted by molar-refractivity contribution is -0.167. The predicted octanol–water partition coefficient (Wildman–Crippen LogP) is 18.9. The molecule has 0 amide bonds. The molecule has 0 spiro atoms. The summed E-state index contributed by atoms with van der Waals surface area (Å²) >= 11 is 0. The molecule has 0 radical (unpaired) electrons. The molecule has 64 heavy (non-hydrogen) atoms. The third-order valence-corrected chi connectivity index (χ3v) is 13.6. The molecular formula is C58H112O6. The lowest BCUT2D eigenvalue weighted by Gasteiger charge is -2.18. The van der Waals surface area contributed by atoms with Crippen molar-refractivity contribution in [2.45, 2.75) is 330 Å². The van der Waals surface area contributed by atoms with Gasteiger partial charge in [-0.2, -0.15) is 0 Å². The van der Waals surface area contributed by atoms with E-state index in [2.05, 4.69) is 34.6 Å². The molecular weight excluding hydrogens is 793 g/mol. The second kappa shape index (κ2) is 50.8. The van der Waals surface area contributed by atoms with Gasteiger partial charge in [0, 0.05) is 19.3 Å². The van der Waals surface area contributed by atoms with Gasteiger partial charge in [0.2, 0.25) is 0 Å². The van der Waals surface area contributed by atoms with Crippen molar-refractivity contribution >= 4 is 17.9 Å².